The molecule has 0 aliphatic rings. The SMILES string of the molecule is Cl.NC(C=O)c1ccc(Cl)nc1. The number of hydrogen-bond donors (Lipinski definition) is 1. The third-order valence-electron chi connectivity index (χ3n) is 1.28. The van der Waals surface area contributed by atoms with Gasteiger partial charge in [0, 0.05) is 6.20 Å². The Morgan fingerprint density at radius 3 is 2.67 bits per heavy atom. The van der Waals surface area contributed by atoms with Crippen LogP contribution in [0.1, 0.15) is 11.6 Å². The van der Waals surface area contributed by atoms with Crippen LogP contribution in [0.25, 0.3) is 0 Å². The molecule has 1 rings (SSSR count). The lowest BCUT2D eigenvalue weighted by Crippen LogP contribution is -2.11. The summed E-state index contributed by atoms with van der Waals surface area (Å²) in [6.45, 7) is 0. The zero-order chi connectivity index (χ0) is 8.27. The second-order valence-corrected chi connectivity index (χ2v) is 2.46. The fourth-order valence-electron chi connectivity index (χ4n) is 0.663. The van der Waals surface area contributed by atoms with Gasteiger partial charge in [0.15, 0.2) is 0 Å². The predicted molar refractivity (Wildman–Crippen MR) is 49.5 cm³/mol. The Labute approximate surface area is 81.3 Å². The van der Waals surface area contributed by atoms with E-state index in [2.05, 4.69) is 4.98 Å². The number of carbonyl (C=O) groups is 1. The molecule has 0 saturated heterocycles. The van der Waals surface area contributed by atoms with E-state index in [9.17, 15) is 4.79 Å². The number of nitrogens with zero attached hydrogens (tertiary/aromatic N) is 1. The van der Waals surface area contributed by atoms with Crippen LogP contribution in [0.4, 0.5) is 0 Å². The average Bonchev–Trinajstić information content (AvgIpc) is 2.05. The van der Waals surface area contributed by atoms with E-state index < -0.39 is 6.04 Å². The molecule has 0 spiro atoms. The summed E-state index contributed by atoms with van der Waals surface area (Å²) in [5.41, 5.74) is 6.06. The van der Waals surface area contributed by atoms with Crippen molar-refractivity contribution in [3.8, 4) is 0 Å². The molecule has 1 unspecified atom stereocenters. The van der Waals surface area contributed by atoms with Gasteiger partial charge < -0.3 is 10.5 Å². The molecule has 0 aromatic carbocycles. The quantitative estimate of drug-likeness (QED) is 0.588. The highest BCUT2D eigenvalue weighted by Crippen LogP contribution is 2.09. The summed E-state index contributed by atoms with van der Waals surface area (Å²) < 4.78 is 0. The van der Waals surface area contributed by atoms with Gasteiger partial charge in [0.1, 0.15) is 11.4 Å². The summed E-state index contributed by atoms with van der Waals surface area (Å²) in [6, 6.07) is 2.68. The Hall–Kier alpha value is -0.640. The van der Waals surface area contributed by atoms with Crippen LogP contribution in [-0.4, -0.2) is 11.3 Å². The van der Waals surface area contributed by atoms with Crippen LogP contribution < -0.4 is 5.73 Å². The molecule has 0 saturated carbocycles. The summed E-state index contributed by atoms with van der Waals surface area (Å²) in [4.78, 5) is 14.0. The van der Waals surface area contributed by atoms with Crippen LogP contribution in [0.3, 0.4) is 0 Å². The lowest BCUT2D eigenvalue weighted by atomic mass is 10.1. The van der Waals surface area contributed by atoms with Gasteiger partial charge in [0.2, 0.25) is 0 Å². The van der Waals surface area contributed by atoms with Crippen molar-refractivity contribution in [3.63, 3.8) is 0 Å². The fraction of sp³-hybridized carbons (Fsp3) is 0.143. The molecule has 1 heterocycles. The fourth-order valence-corrected chi connectivity index (χ4v) is 0.775. The van der Waals surface area contributed by atoms with Gasteiger partial charge in [0.25, 0.3) is 0 Å². The van der Waals surface area contributed by atoms with Crippen molar-refractivity contribution in [1.82, 2.24) is 4.98 Å². The Morgan fingerprint density at radius 2 is 2.25 bits per heavy atom. The Morgan fingerprint density at radius 1 is 1.58 bits per heavy atom. The second-order valence-electron chi connectivity index (χ2n) is 2.08. The molecule has 66 valence electrons. The van der Waals surface area contributed by atoms with Gasteiger partial charge in [-0.1, -0.05) is 17.7 Å². The second kappa shape index (κ2) is 5.09. The molecule has 0 fully saturated rings. The van der Waals surface area contributed by atoms with Crippen molar-refractivity contribution in [3.05, 3.63) is 29.0 Å². The first-order chi connectivity index (χ1) is 5.24. The van der Waals surface area contributed by atoms with Crippen molar-refractivity contribution in [2.45, 2.75) is 6.04 Å². The van der Waals surface area contributed by atoms with Crippen molar-refractivity contribution >= 4 is 30.3 Å². The van der Waals surface area contributed by atoms with Gasteiger partial charge in [-0.25, -0.2) is 4.98 Å². The molecule has 5 heteroatoms. The minimum absolute atomic E-state index is 0. The zero-order valence-corrected chi connectivity index (χ0v) is 7.68. The molecule has 0 aliphatic heterocycles. The predicted octanol–water partition coefficient (Wildman–Crippen LogP) is 1.36. The first-order valence-electron chi connectivity index (χ1n) is 3.06. The molecule has 12 heavy (non-hydrogen) atoms. The largest absolute Gasteiger partial charge is 0.318 e. The number of rotatable bonds is 2. The maximum Gasteiger partial charge on any atom is 0.141 e. The molecule has 1 aromatic heterocycles. The number of aldehydes is 1. The van der Waals surface area contributed by atoms with Crippen LogP contribution in [0.2, 0.25) is 5.15 Å². The van der Waals surface area contributed by atoms with E-state index in [0.717, 1.165) is 0 Å². The zero-order valence-electron chi connectivity index (χ0n) is 6.11. The van der Waals surface area contributed by atoms with E-state index in [4.69, 9.17) is 17.3 Å². The highest BCUT2D eigenvalue weighted by molar-refractivity contribution is 6.29. The Balaban J connectivity index is 0.00000121. The highest BCUT2D eigenvalue weighted by atomic mass is 35.5. The normalized spacial score (nSPS) is 11.5. The first kappa shape index (κ1) is 11.4. The van der Waals surface area contributed by atoms with Crippen LogP contribution in [0, 0.1) is 0 Å². The summed E-state index contributed by atoms with van der Waals surface area (Å²) in [7, 11) is 0. The molecule has 1 aromatic rings. The van der Waals surface area contributed by atoms with Crippen LogP contribution in [0.15, 0.2) is 18.3 Å². The summed E-state index contributed by atoms with van der Waals surface area (Å²) in [5, 5.41) is 0.395. The lowest BCUT2D eigenvalue weighted by Gasteiger charge is -2.01. The summed E-state index contributed by atoms with van der Waals surface area (Å²) in [6.07, 6.45) is 2.15. The number of aromatic nitrogens is 1. The monoisotopic (exact) mass is 206 g/mol. The number of nitrogens with two attached hydrogens (primary N) is 1. The van der Waals surface area contributed by atoms with E-state index in [1.54, 1.807) is 12.1 Å². The molecular formula is C7H8Cl2N2O. The highest BCUT2D eigenvalue weighted by Gasteiger charge is 2.02. The van der Waals surface area contributed by atoms with Gasteiger partial charge >= 0.3 is 0 Å². The van der Waals surface area contributed by atoms with Crippen LogP contribution in [0.5, 0.6) is 0 Å². The van der Waals surface area contributed by atoms with Crippen LogP contribution >= 0.6 is 24.0 Å². The molecule has 0 radical (unpaired) electrons. The van der Waals surface area contributed by atoms with Crippen molar-refractivity contribution < 1.29 is 4.79 Å². The van der Waals surface area contributed by atoms with E-state index in [1.165, 1.54) is 6.20 Å². The first-order valence-corrected chi connectivity index (χ1v) is 3.44. The van der Waals surface area contributed by atoms with Gasteiger partial charge in [-0.15, -0.1) is 12.4 Å². The standard InChI is InChI=1S/C7H7ClN2O.ClH/c8-7-2-1-5(3-10-7)6(9)4-11;/h1-4,6H,9H2;1H. The Kier molecular flexibility index (Phi) is 4.81. The van der Waals surface area contributed by atoms with Gasteiger partial charge in [-0.3, -0.25) is 0 Å². The van der Waals surface area contributed by atoms with Gasteiger partial charge in [-0.05, 0) is 11.6 Å². The molecule has 0 amide bonds. The maximum atomic E-state index is 10.2. The molecular weight excluding hydrogens is 199 g/mol. The summed E-state index contributed by atoms with van der Waals surface area (Å²) >= 11 is 5.52. The number of halogens is 2. The molecule has 2 N–H and O–H groups in total. The third kappa shape index (κ3) is 2.77. The van der Waals surface area contributed by atoms with E-state index in [1.807, 2.05) is 0 Å². The van der Waals surface area contributed by atoms with Crippen molar-refractivity contribution in [1.29, 1.82) is 0 Å². The lowest BCUT2D eigenvalue weighted by molar-refractivity contribution is -0.109. The van der Waals surface area contributed by atoms with Gasteiger partial charge in [0.05, 0.1) is 6.04 Å². The minimum Gasteiger partial charge on any atom is -0.318 e. The van der Waals surface area contributed by atoms with Crippen molar-refractivity contribution in [2.24, 2.45) is 5.73 Å². The van der Waals surface area contributed by atoms with Crippen LogP contribution in [-0.2, 0) is 4.79 Å². The topological polar surface area (TPSA) is 56.0 Å². The van der Waals surface area contributed by atoms with E-state index in [0.29, 0.717) is 17.0 Å². The molecule has 1 atom stereocenters. The average molecular weight is 207 g/mol. The number of carbonyl (C=O) groups excluding carboxylic acids is 1. The van der Waals surface area contributed by atoms with Crippen molar-refractivity contribution in [2.75, 3.05) is 0 Å². The Bertz CT molecular complexity index is 250. The van der Waals surface area contributed by atoms with Gasteiger partial charge in [-0.2, -0.15) is 0 Å². The van der Waals surface area contributed by atoms with E-state index >= 15 is 0 Å². The number of hydrogen-bond acceptors (Lipinski definition) is 3. The minimum atomic E-state index is -0.597. The number of pyridine rings is 1. The smallest absolute Gasteiger partial charge is 0.141 e. The third-order valence-corrected chi connectivity index (χ3v) is 1.51. The molecule has 0 aliphatic carbocycles. The summed E-state index contributed by atoms with van der Waals surface area (Å²) in [5.74, 6) is 0. The molecule has 3 nitrogen and oxygen atoms in total. The van der Waals surface area contributed by atoms with E-state index in [-0.39, 0.29) is 12.4 Å². The maximum absolute atomic E-state index is 10.2. The molecule has 0 bridgehead atoms.